The lowest BCUT2D eigenvalue weighted by Crippen LogP contribution is -2.87. The van der Waals surface area contributed by atoms with Gasteiger partial charge in [-0.15, -0.1) is 0 Å². The van der Waals surface area contributed by atoms with Crippen LogP contribution in [-0.4, -0.2) is 24.2 Å². The quantitative estimate of drug-likeness (QED) is 0.545. The van der Waals surface area contributed by atoms with Crippen molar-refractivity contribution >= 4 is 5.97 Å². The van der Waals surface area contributed by atoms with Crippen LogP contribution in [0.2, 0.25) is 0 Å². The first kappa shape index (κ1) is 7.54. The molecule has 0 saturated carbocycles. The van der Waals surface area contributed by atoms with Gasteiger partial charge in [-0.1, -0.05) is 0 Å². The molecule has 3 nitrogen and oxygen atoms in total. The van der Waals surface area contributed by atoms with Crippen LogP contribution in [0.15, 0.2) is 0 Å². The fraction of sp³-hybridized carbons (Fsp3) is 0.857. The van der Waals surface area contributed by atoms with E-state index in [4.69, 9.17) is 5.11 Å². The molecule has 0 spiro atoms. The molecule has 1 fully saturated rings. The molecule has 0 aliphatic carbocycles. The zero-order valence-electron chi connectivity index (χ0n) is 6.05. The molecule has 1 atom stereocenters. The number of carboxylic acid groups (broad SMARTS) is 1. The lowest BCUT2D eigenvalue weighted by molar-refractivity contribution is -0.668. The standard InChI is InChI=1S/C7H13NO2/c9-7(10)4-6-2-1-3-8-5-6/h6,8H,1-5H2,(H,9,10)/p+1. The topological polar surface area (TPSA) is 53.9 Å². The summed E-state index contributed by atoms with van der Waals surface area (Å²) in [5.41, 5.74) is 0. The molecule has 1 unspecified atom stereocenters. The van der Waals surface area contributed by atoms with Gasteiger partial charge in [0.25, 0.3) is 0 Å². The van der Waals surface area contributed by atoms with E-state index in [2.05, 4.69) is 5.32 Å². The summed E-state index contributed by atoms with van der Waals surface area (Å²) in [5, 5.41) is 10.7. The Bertz CT molecular complexity index is 119. The third-order valence-electron chi connectivity index (χ3n) is 1.98. The molecule has 0 aromatic heterocycles. The van der Waals surface area contributed by atoms with Crippen LogP contribution in [0.3, 0.4) is 0 Å². The molecule has 0 aromatic carbocycles. The van der Waals surface area contributed by atoms with E-state index in [9.17, 15) is 4.79 Å². The predicted molar refractivity (Wildman–Crippen MR) is 36.6 cm³/mol. The highest BCUT2D eigenvalue weighted by atomic mass is 16.4. The molecule has 1 heterocycles. The van der Waals surface area contributed by atoms with Crippen molar-refractivity contribution in [1.29, 1.82) is 0 Å². The van der Waals surface area contributed by atoms with Gasteiger partial charge in [0.15, 0.2) is 0 Å². The van der Waals surface area contributed by atoms with Gasteiger partial charge in [-0.25, -0.2) is 0 Å². The van der Waals surface area contributed by atoms with E-state index in [1.165, 1.54) is 13.0 Å². The molecule has 1 aliphatic rings. The van der Waals surface area contributed by atoms with Crippen molar-refractivity contribution in [3.63, 3.8) is 0 Å². The molecular weight excluding hydrogens is 130 g/mol. The summed E-state index contributed by atoms with van der Waals surface area (Å²) in [4.78, 5) is 10.3. The molecule has 3 N–H and O–H groups in total. The SMILES string of the molecule is O=C(O)CC1CCC[NH2+]C1. The fourth-order valence-corrected chi connectivity index (χ4v) is 1.45. The van der Waals surface area contributed by atoms with Crippen LogP contribution in [0.4, 0.5) is 0 Å². The number of carboxylic acids is 1. The van der Waals surface area contributed by atoms with Crippen molar-refractivity contribution in [3.05, 3.63) is 0 Å². The fourth-order valence-electron chi connectivity index (χ4n) is 1.45. The van der Waals surface area contributed by atoms with E-state index < -0.39 is 5.97 Å². The van der Waals surface area contributed by atoms with E-state index in [0.717, 1.165) is 13.0 Å². The molecule has 1 rings (SSSR count). The van der Waals surface area contributed by atoms with Gasteiger partial charge in [-0.2, -0.15) is 0 Å². The van der Waals surface area contributed by atoms with Gasteiger partial charge in [0.05, 0.1) is 19.5 Å². The number of piperidine rings is 1. The number of aliphatic carboxylic acids is 1. The number of hydrogen-bond acceptors (Lipinski definition) is 1. The summed E-state index contributed by atoms with van der Waals surface area (Å²) in [6, 6.07) is 0. The van der Waals surface area contributed by atoms with Crippen LogP contribution >= 0.6 is 0 Å². The summed E-state index contributed by atoms with van der Waals surface area (Å²) in [6.07, 6.45) is 2.64. The van der Waals surface area contributed by atoms with Crippen molar-refractivity contribution in [2.75, 3.05) is 13.1 Å². The van der Waals surface area contributed by atoms with Crippen LogP contribution in [0.5, 0.6) is 0 Å². The lowest BCUT2D eigenvalue weighted by Gasteiger charge is -2.17. The maximum absolute atomic E-state index is 10.3. The average molecular weight is 144 g/mol. The Labute approximate surface area is 60.4 Å². The van der Waals surface area contributed by atoms with Crippen LogP contribution in [0.25, 0.3) is 0 Å². The first-order valence-electron chi connectivity index (χ1n) is 3.82. The molecule has 0 aromatic rings. The monoisotopic (exact) mass is 144 g/mol. The van der Waals surface area contributed by atoms with E-state index in [-0.39, 0.29) is 0 Å². The highest BCUT2D eigenvalue weighted by Crippen LogP contribution is 2.10. The molecule has 0 radical (unpaired) electrons. The Hall–Kier alpha value is -0.570. The van der Waals surface area contributed by atoms with Crippen molar-refractivity contribution in [2.45, 2.75) is 19.3 Å². The summed E-state index contributed by atoms with van der Waals surface area (Å²) in [7, 11) is 0. The first-order valence-corrected chi connectivity index (χ1v) is 3.82. The van der Waals surface area contributed by atoms with Crippen LogP contribution < -0.4 is 5.32 Å². The molecule has 10 heavy (non-hydrogen) atoms. The van der Waals surface area contributed by atoms with Gasteiger partial charge in [0.1, 0.15) is 0 Å². The van der Waals surface area contributed by atoms with Crippen molar-refractivity contribution < 1.29 is 15.2 Å². The normalized spacial score (nSPS) is 26.2. The molecule has 1 saturated heterocycles. The van der Waals surface area contributed by atoms with Gasteiger partial charge in [0, 0.05) is 5.92 Å². The van der Waals surface area contributed by atoms with E-state index >= 15 is 0 Å². The van der Waals surface area contributed by atoms with E-state index in [1.807, 2.05) is 0 Å². The summed E-state index contributed by atoms with van der Waals surface area (Å²) < 4.78 is 0. The Morgan fingerprint density at radius 3 is 3.00 bits per heavy atom. The molecule has 0 bridgehead atoms. The second-order valence-corrected chi connectivity index (χ2v) is 2.92. The lowest BCUT2D eigenvalue weighted by atomic mass is 9.96. The largest absolute Gasteiger partial charge is 0.481 e. The second kappa shape index (κ2) is 3.56. The van der Waals surface area contributed by atoms with E-state index in [0.29, 0.717) is 12.3 Å². The Morgan fingerprint density at radius 1 is 1.70 bits per heavy atom. The predicted octanol–water partition coefficient (Wildman–Crippen LogP) is -0.565. The third-order valence-corrected chi connectivity index (χ3v) is 1.98. The summed E-state index contributed by atoms with van der Waals surface area (Å²) >= 11 is 0. The second-order valence-electron chi connectivity index (χ2n) is 2.92. The first-order chi connectivity index (χ1) is 4.79. The number of rotatable bonds is 2. The highest BCUT2D eigenvalue weighted by Gasteiger charge is 2.18. The van der Waals surface area contributed by atoms with Crippen LogP contribution in [0.1, 0.15) is 19.3 Å². The van der Waals surface area contributed by atoms with E-state index in [1.54, 1.807) is 0 Å². The smallest absolute Gasteiger partial charge is 0.303 e. The van der Waals surface area contributed by atoms with Gasteiger partial charge in [-0.05, 0) is 12.8 Å². The number of carbonyl (C=O) groups is 1. The zero-order chi connectivity index (χ0) is 7.40. The molecular formula is C7H14NO2+. The maximum Gasteiger partial charge on any atom is 0.303 e. The minimum absolute atomic E-state index is 0.358. The zero-order valence-corrected chi connectivity index (χ0v) is 6.05. The van der Waals surface area contributed by atoms with Gasteiger partial charge in [-0.3, -0.25) is 4.79 Å². The Morgan fingerprint density at radius 2 is 2.50 bits per heavy atom. The van der Waals surface area contributed by atoms with Gasteiger partial charge in [0.2, 0.25) is 0 Å². The van der Waals surface area contributed by atoms with Gasteiger partial charge < -0.3 is 10.4 Å². The maximum atomic E-state index is 10.3. The van der Waals surface area contributed by atoms with Crippen molar-refractivity contribution in [3.8, 4) is 0 Å². The third kappa shape index (κ3) is 2.35. The Balaban J connectivity index is 2.19. The van der Waals surface area contributed by atoms with Crippen molar-refractivity contribution in [2.24, 2.45) is 5.92 Å². The summed E-state index contributed by atoms with van der Waals surface area (Å²) in [6.45, 7) is 2.18. The minimum atomic E-state index is -0.652. The molecule has 3 heteroatoms. The number of nitrogens with two attached hydrogens (primary N) is 1. The average Bonchev–Trinajstić information content (AvgIpc) is 1.88. The Kier molecular flexibility index (Phi) is 2.68. The van der Waals surface area contributed by atoms with Crippen LogP contribution in [-0.2, 0) is 4.79 Å². The molecule has 58 valence electrons. The van der Waals surface area contributed by atoms with Crippen LogP contribution in [0, 0.1) is 5.92 Å². The van der Waals surface area contributed by atoms with Crippen molar-refractivity contribution in [1.82, 2.24) is 0 Å². The minimum Gasteiger partial charge on any atom is -0.481 e. The van der Waals surface area contributed by atoms with Gasteiger partial charge >= 0.3 is 5.97 Å². The number of hydrogen-bond donors (Lipinski definition) is 2. The molecule has 0 amide bonds. The highest BCUT2D eigenvalue weighted by molar-refractivity contribution is 5.67. The summed E-state index contributed by atoms with van der Waals surface area (Å²) in [5.74, 6) is -0.230. The number of quaternary nitrogens is 1. The molecule has 1 aliphatic heterocycles.